The summed E-state index contributed by atoms with van der Waals surface area (Å²) in [5.74, 6) is 1.32. The predicted octanol–water partition coefficient (Wildman–Crippen LogP) is 14.6. The van der Waals surface area contributed by atoms with Crippen molar-refractivity contribution in [2.45, 2.75) is 208 Å². The first-order chi connectivity index (χ1) is 22.0. The van der Waals surface area contributed by atoms with Crippen molar-refractivity contribution >= 4 is 12.6 Å². The minimum absolute atomic E-state index is 0.538. The SMILES string of the molecule is CCC.CCCC/C=C/C/C=C/CCCCCCCCCCCCCCCCCCC(C)/C=C/CCCCC.N/C=C(\N)CS. The minimum atomic E-state index is 0.538. The molecule has 0 saturated carbocycles. The second-order valence-corrected chi connectivity index (χ2v) is 13.4. The van der Waals surface area contributed by atoms with Gasteiger partial charge in [-0.05, 0) is 50.9 Å². The molecule has 0 spiro atoms. The Balaban J connectivity index is -0.00000171. The van der Waals surface area contributed by atoms with Gasteiger partial charge >= 0.3 is 0 Å². The van der Waals surface area contributed by atoms with Crippen LogP contribution in [0.5, 0.6) is 0 Å². The highest BCUT2D eigenvalue weighted by Crippen LogP contribution is 2.16. The number of rotatable bonds is 30. The molecule has 0 heterocycles. The smallest absolute Gasteiger partial charge is 0.0336 e. The molecule has 0 aliphatic carbocycles. The summed E-state index contributed by atoms with van der Waals surface area (Å²) >= 11 is 3.82. The van der Waals surface area contributed by atoms with Crippen LogP contribution in [-0.4, -0.2) is 5.75 Å². The van der Waals surface area contributed by atoms with Gasteiger partial charge in [0.15, 0.2) is 0 Å². The van der Waals surface area contributed by atoms with E-state index in [2.05, 4.69) is 83.7 Å². The lowest BCUT2D eigenvalue weighted by Gasteiger charge is -2.06. The molecule has 0 aliphatic heterocycles. The highest BCUT2D eigenvalue weighted by Gasteiger charge is 1.98. The number of hydrogen-bond acceptors (Lipinski definition) is 3. The van der Waals surface area contributed by atoms with Crippen LogP contribution in [0.1, 0.15) is 208 Å². The molecular weight excluding hydrogens is 565 g/mol. The van der Waals surface area contributed by atoms with E-state index in [0.717, 1.165) is 12.3 Å². The molecule has 1 atom stereocenters. The number of hydrogen-bond donors (Lipinski definition) is 3. The van der Waals surface area contributed by atoms with Crippen LogP contribution in [0.4, 0.5) is 0 Å². The van der Waals surface area contributed by atoms with Crippen molar-refractivity contribution < 1.29 is 0 Å². The molecule has 0 rings (SSSR count). The van der Waals surface area contributed by atoms with E-state index in [0.29, 0.717) is 11.4 Å². The van der Waals surface area contributed by atoms with Crippen LogP contribution in [0.2, 0.25) is 0 Å². The Morgan fingerprint density at radius 2 is 0.911 bits per heavy atom. The summed E-state index contributed by atoms with van der Waals surface area (Å²) in [5.41, 5.74) is 10.7. The zero-order chi connectivity index (χ0) is 33.9. The molecule has 0 radical (unpaired) electrons. The first-order valence-corrected chi connectivity index (χ1v) is 20.4. The Kier molecular flexibility index (Phi) is 50.8. The fourth-order valence-electron chi connectivity index (χ4n) is 5.02. The summed E-state index contributed by atoms with van der Waals surface area (Å²) in [5, 5.41) is 0. The van der Waals surface area contributed by atoms with Crippen LogP contribution < -0.4 is 11.5 Å². The van der Waals surface area contributed by atoms with Gasteiger partial charge in [0.2, 0.25) is 0 Å². The fraction of sp³-hybridized carbons (Fsp3) is 0.810. The highest BCUT2D eigenvalue weighted by molar-refractivity contribution is 7.80. The molecule has 3 heteroatoms. The molecule has 0 bridgehead atoms. The quantitative estimate of drug-likeness (QED) is 0.0412. The summed E-state index contributed by atoms with van der Waals surface area (Å²) in [6, 6.07) is 0. The van der Waals surface area contributed by atoms with Crippen molar-refractivity contribution in [3.8, 4) is 0 Å². The van der Waals surface area contributed by atoms with Gasteiger partial charge in [0.1, 0.15) is 0 Å². The maximum Gasteiger partial charge on any atom is 0.0336 e. The fourth-order valence-corrected chi connectivity index (χ4v) is 5.13. The van der Waals surface area contributed by atoms with Gasteiger partial charge in [-0.2, -0.15) is 12.6 Å². The van der Waals surface area contributed by atoms with Crippen molar-refractivity contribution in [3.05, 3.63) is 48.4 Å². The van der Waals surface area contributed by atoms with Gasteiger partial charge in [-0.25, -0.2) is 0 Å². The Labute approximate surface area is 291 Å². The van der Waals surface area contributed by atoms with E-state index in [1.54, 1.807) is 0 Å². The van der Waals surface area contributed by atoms with E-state index in [9.17, 15) is 0 Å². The lowest BCUT2D eigenvalue weighted by atomic mass is 10.00. The van der Waals surface area contributed by atoms with Crippen LogP contribution in [0.3, 0.4) is 0 Å². The third kappa shape index (κ3) is 52.7. The first kappa shape index (κ1) is 48.3. The van der Waals surface area contributed by atoms with E-state index in [-0.39, 0.29) is 0 Å². The monoisotopic (exact) mass is 649 g/mol. The lowest BCUT2D eigenvalue weighted by molar-refractivity contribution is 0.515. The van der Waals surface area contributed by atoms with Gasteiger partial charge in [0, 0.05) is 17.6 Å². The molecule has 268 valence electrons. The van der Waals surface area contributed by atoms with Gasteiger partial charge in [0.05, 0.1) is 0 Å². The van der Waals surface area contributed by atoms with Crippen molar-refractivity contribution in [1.82, 2.24) is 0 Å². The van der Waals surface area contributed by atoms with Crippen molar-refractivity contribution in [1.29, 1.82) is 0 Å². The average molecular weight is 649 g/mol. The standard InChI is InChI=1S/C36H68.C3H8N2S.C3H8/c1-4-6-8-10-11-12-13-14-15-16-17-18-19-20-21-22-23-24-25-26-27-28-29-31-33-35-36(3)34-32-30-9-7-5-2;4-1-3(5)2-6;1-3-2/h10-11,13-14,32,34,36H,4-9,12,15-31,33,35H2,1-3H3;1,6H,2,4-5H2;3H2,1-2H3/b11-10+,14-13+,34-32+;3-1-;. The maximum atomic E-state index is 5.13. The summed E-state index contributed by atoms with van der Waals surface area (Å²) in [6.45, 7) is 11.2. The number of nitrogens with two attached hydrogens (primary N) is 2. The molecule has 0 amide bonds. The zero-order valence-electron chi connectivity index (χ0n) is 31.5. The van der Waals surface area contributed by atoms with Crippen LogP contribution >= 0.6 is 12.6 Å². The van der Waals surface area contributed by atoms with Crippen molar-refractivity contribution in [3.63, 3.8) is 0 Å². The van der Waals surface area contributed by atoms with Crippen molar-refractivity contribution in [2.24, 2.45) is 17.4 Å². The molecule has 2 nitrogen and oxygen atoms in total. The van der Waals surface area contributed by atoms with Gasteiger partial charge in [-0.1, -0.05) is 199 Å². The second kappa shape index (κ2) is 47.3. The Bertz CT molecular complexity index is 622. The molecular formula is C42H84N2S. The Morgan fingerprint density at radius 3 is 1.31 bits per heavy atom. The minimum Gasteiger partial charge on any atom is -0.403 e. The first-order valence-electron chi connectivity index (χ1n) is 19.8. The van der Waals surface area contributed by atoms with Crippen LogP contribution in [0, 0.1) is 5.92 Å². The number of thiol groups is 1. The van der Waals surface area contributed by atoms with Crippen molar-refractivity contribution in [2.75, 3.05) is 5.75 Å². The van der Waals surface area contributed by atoms with Crippen LogP contribution in [-0.2, 0) is 0 Å². The second-order valence-electron chi connectivity index (χ2n) is 13.1. The van der Waals surface area contributed by atoms with E-state index in [1.165, 1.54) is 173 Å². The molecule has 0 aromatic rings. The summed E-state index contributed by atoms with van der Waals surface area (Å²) in [4.78, 5) is 0. The topological polar surface area (TPSA) is 52.0 Å². The molecule has 0 fully saturated rings. The van der Waals surface area contributed by atoms with Crippen LogP contribution in [0.15, 0.2) is 48.4 Å². The summed E-state index contributed by atoms with van der Waals surface area (Å²) < 4.78 is 0. The van der Waals surface area contributed by atoms with Gasteiger partial charge in [0.25, 0.3) is 0 Å². The average Bonchev–Trinajstić information content (AvgIpc) is 3.05. The largest absolute Gasteiger partial charge is 0.403 e. The lowest BCUT2D eigenvalue weighted by Crippen LogP contribution is -2.00. The third-order valence-corrected chi connectivity index (χ3v) is 8.31. The summed E-state index contributed by atoms with van der Waals surface area (Å²) in [6.07, 6.45) is 53.2. The highest BCUT2D eigenvalue weighted by atomic mass is 32.1. The Hall–Kier alpha value is -1.09. The molecule has 1 unspecified atom stereocenters. The van der Waals surface area contributed by atoms with E-state index in [1.807, 2.05) is 0 Å². The predicted molar refractivity (Wildman–Crippen MR) is 214 cm³/mol. The van der Waals surface area contributed by atoms with Gasteiger partial charge in [-0.3, -0.25) is 0 Å². The molecule has 4 N–H and O–H groups in total. The van der Waals surface area contributed by atoms with Crippen LogP contribution in [0.25, 0.3) is 0 Å². The number of allylic oxidation sites excluding steroid dienone is 6. The van der Waals surface area contributed by atoms with Gasteiger partial charge in [-0.15, -0.1) is 0 Å². The number of unbranched alkanes of at least 4 members (excludes halogenated alkanes) is 21. The molecule has 45 heavy (non-hydrogen) atoms. The molecule has 0 aromatic heterocycles. The molecule has 0 aromatic carbocycles. The van der Waals surface area contributed by atoms with E-state index < -0.39 is 0 Å². The van der Waals surface area contributed by atoms with E-state index in [4.69, 9.17) is 11.5 Å². The zero-order valence-corrected chi connectivity index (χ0v) is 32.4. The molecule has 0 aliphatic rings. The Morgan fingerprint density at radius 1 is 0.533 bits per heavy atom. The normalized spacial score (nSPS) is 12.4. The summed E-state index contributed by atoms with van der Waals surface area (Å²) in [7, 11) is 0. The van der Waals surface area contributed by atoms with E-state index >= 15 is 0 Å². The molecule has 0 saturated heterocycles. The third-order valence-electron chi connectivity index (χ3n) is 7.95. The maximum absolute atomic E-state index is 5.13. The van der Waals surface area contributed by atoms with Gasteiger partial charge < -0.3 is 11.5 Å².